The number of halogens is 1. The van der Waals surface area contributed by atoms with Crippen molar-refractivity contribution >= 4 is 34.5 Å². The lowest BCUT2D eigenvalue weighted by Crippen LogP contribution is -2.38. The fraction of sp³-hybridized carbons (Fsp3) is 0.312. The number of nitrogens with zero attached hydrogens (tertiary/aromatic N) is 1. The number of rotatable bonds is 3. The largest absolute Gasteiger partial charge is 0.384 e. The summed E-state index contributed by atoms with van der Waals surface area (Å²) in [6, 6.07) is 12.0. The number of fused-ring (bicyclic) bond motifs is 1. The normalized spacial score (nSPS) is 17.0. The van der Waals surface area contributed by atoms with Crippen LogP contribution in [0.3, 0.4) is 0 Å². The summed E-state index contributed by atoms with van der Waals surface area (Å²) in [5, 5.41) is 3.35. The topological polar surface area (TPSA) is 32.3 Å². The van der Waals surface area contributed by atoms with Crippen LogP contribution in [0, 0.1) is 5.92 Å². The second kappa shape index (κ2) is 6.08. The second-order valence-corrected chi connectivity index (χ2v) is 7.14. The van der Waals surface area contributed by atoms with E-state index in [1.54, 1.807) is 4.90 Å². The van der Waals surface area contributed by atoms with E-state index in [2.05, 4.69) is 17.4 Å². The lowest BCUT2D eigenvalue weighted by molar-refractivity contribution is -0.134. The summed E-state index contributed by atoms with van der Waals surface area (Å²) in [5.41, 5.74) is 2.36. The predicted molar refractivity (Wildman–Crippen MR) is 87.9 cm³/mol. The van der Waals surface area contributed by atoms with Crippen molar-refractivity contribution in [2.75, 3.05) is 18.9 Å². The Morgan fingerprint density at radius 2 is 2.19 bits per heavy atom. The number of carbonyl (C=O) groups excluding carboxylic acids is 1. The minimum atomic E-state index is 0.000309. The van der Waals surface area contributed by atoms with Crippen molar-refractivity contribution in [1.29, 1.82) is 0 Å². The monoisotopic (exact) mass is 320 g/mol. The van der Waals surface area contributed by atoms with Crippen molar-refractivity contribution in [3.05, 3.63) is 51.2 Å². The van der Waals surface area contributed by atoms with E-state index < -0.39 is 0 Å². The second-order valence-electron chi connectivity index (χ2n) is 5.34. The van der Waals surface area contributed by atoms with Crippen LogP contribution in [0.1, 0.15) is 10.4 Å². The fourth-order valence-corrected chi connectivity index (χ4v) is 3.82. The van der Waals surface area contributed by atoms with Crippen LogP contribution in [-0.2, 0) is 17.8 Å². The molecule has 0 bridgehead atoms. The van der Waals surface area contributed by atoms with Gasteiger partial charge in [-0.3, -0.25) is 4.79 Å². The van der Waals surface area contributed by atoms with E-state index in [0.29, 0.717) is 13.1 Å². The number of amides is 1. The molecule has 1 amide bonds. The molecule has 1 aromatic heterocycles. The Labute approximate surface area is 133 Å². The van der Waals surface area contributed by atoms with Gasteiger partial charge in [-0.05, 0) is 30.2 Å². The highest BCUT2D eigenvalue weighted by Crippen LogP contribution is 2.26. The maximum Gasteiger partial charge on any atom is 0.227 e. The standard InChI is InChI=1S/C16H17ClN2OS/c1-19(10-13-6-7-15(17)21-13)16(20)12-8-11-4-2-3-5-14(11)18-9-12/h2-7,12,18H,8-10H2,1H3. The molecular weight excluding hydrogens is 304 g/mol. The van der Waals surface area contributed by atoms with E-state index in [1.165, 1.54) is 16.9 Å². The van der Waals surface area contributed by atoms with Crippen molar-refractivity contribution in [2.45, 2.75) is 13.0 Å². The van der Waals surface area contributed by atoms with E-state index in [1.807, 2.05) is 31.3 Å². The van der Waals surface area contributed by atoms with E-state index in [0.717, 1.165) is 21.3 Å². The first-order valence-corrected chi connectivity index (χ1v) is 8.14. The van der Waals surface area contributed by atoms with Crippen LogP contribution in [0.15, 0.2) is 36.4 Å². The number of para-hydroxylation sites is 1. The Morgan fingerprint density at radius 3 is 2.95 bits per heavy atom. The zero-order valence-corrected chi connectivity index (χ0v) is 13.4. The zero-order valence-electron chi connectivity index (χ0n) is 11.8. The Bertz CT molecular complexity index is 655. The quantitative estimate of drug-likeness (QED) is 0.936. The number of hydrogen-bond acceptors (Lipinski definition) is 3. The van der Waals surface area contributed by atoms with Crippen LogP contribution in [0.25, 0.3) is 0 Å². The van der Waals surface area contributed by atoms with Gasteiger partial charge < -0.3 is 10.2 Å². The molecule has 0 saturated heterocycles. The van der Waals surface area contributed by atoms with Gasteiger partial charge in [0.25, 0.3) is 0 Å². The Hall–Kier alpha value is -1.52. The van der Waals surface area contributed by atoms with E-state index in [9.17, 15) is 4.79 Å². The van der Waals surface area contributed by atoms with Gasteiger partial charge in [-0.1, -0.05) is 29.8 Å². The van der Waals surface area contributed by atoms with Gasteiger partial charge in [-0.2, -0.15) is 0 Å². The number of hydrogen-bond donors (Lipinski definition) is 1. The Morgan fingerprint density at radius 1 is 1.38 bits per heavy atom. The summed E-state index contributed by atoms with van der Waals surface area (Å²) in [7, 11) is 1.86. The van der Waals surface area contributed by atoms with Crippen LogP contribution in [0.4, 0.5) is 5.69 Å². The van der Waals surface area contributed by atoms with Crippen molar-refractivity contribution in [3.63, 3.8) is 0 Å². The maximum atomic E-state index is 12.6. The Balaban J connectivity index is 1.66. The van der Waals surface area contributed by atoms with Gasteiger partial charge in [0, 0.05) is 24.2 Å². The number of thiophene rings is 1. The van der Waals surface area contributed by atoms with Crippen molar-refractivity contribution < 1.29 is 4.79 Å². The van der Waals surface area contributed by atoms with Crippen molar-refractivity contribution in [2.24, 2.45) is 5.92 Å². The van der Waals surface area contributed by atoms with E-state index >= 15 is 0 Å². The first-order valence-electron chi connectivity index (χ1n) is 6.94. The molecule has 1 atom stereocenters. The molecule has 1 aliphatic heterocycles. The summed E-state index contributed by atoms with van der Waals surface area (Å²) in [6.07, 6.45) is 0.803. The fourth-order valence-electron chi connectivity index (χ4n) is 2.68. The smallest absolute Gasteiger partial charge is 0.227 e. The van der Waals surface area contributed by atoms with Crippen LogP contribution in [0.2, 0.25) is 4.34 Å². The van der Waals surface area contributed by atoms with Crippen molar-refractivity contribution in [3.8, 4) is 0 Å². The van der Waals surface area contributed by atoms with Crippen LogP contribution in [0.5, 0.6) is 0 Å². The highest BCUT2D eigenvalue weighted by Gasteiger charge is 2.26. The molecule has 1 N–H and O–H groups in total. The summed E-state index contributed by atoms with van der Waals surface area (Å²) in [6.45, 7) is 1.32. The van der Waals surface area contributed by atoms with Crippen molar-refractivity contribution in [1.82, 2.24) is 4.90 Å². The molecule has 3 rings (SSSR count). The third-order valence-electron chi connectivity index (χ3n) is 3.77. The summed E-state index contributed by atoms with van der Waals surface area (Å²) < 4.78 is 0.763. The first-order chi connectivity index (χ1) is 10.1. The average molecular weight is 321 g/mol. The first kappa shape index (κ1) is 14.4. The minimum absolute atomic E-state index is 0.000309. The van der Waals surface area contributed by atoms with Gasteiger partial charge >= 0.3 is 0 Å². The minimum Gasteiger partial charge on any atom is -0.384 e. The molecule has 0 saturated carbocycles. The number of benzene rings is 1. The third kappa shape index (κ3) is 3.22. The molecule has 3 nitrogen and oxygen atoms in total. The molecule has 1 unspecified atom stereocenters. The number of anilines is 1. The molecule has 0 radical (unpaired) electrons. The molecule has 1 aromatic carbocycles. The molecule has 0 spiro atoms. The van der Waals surface area contributed by atoms with Gasteiger partial charge in [-0.15, -0.1) is 11.3 Å². The summed E-state index contributed by atoms with van der Waals surface area (Å²) in [5.74, 6) is 0.182. The van der Waals surface area contributed by atoms with E-state index in [-0.39, 0.29) is 11.8 Å². The zero-order chi connectivity index (χ0) is 14.8. The molecule has 5 heteroatoms. The average Bonchev–Trinajstić information content (AvgIpc) is 2.91. The highest BCUT2D eigenvalue weighted by atomic mass is 35.5. The van der Waals surface area contributed by atoms with Gasteiger partial charge in [0.05, 0.1) is 16.8 Å². The molecule has 2 heterocycles. The molecule has 2 aromatic rings. The molecule has 110 valence electrons. The lowest BCUT2D eigenvalue weighted by Gasteiger charge is -2.28. The van der Waals surface area contributed by atoms with Gasteiger partial charge in [0.2, 0.25) is 5.91 Å². The van der Waals surface area contributed by atoms with Crippen LogP contribution >= 0.6 is 22.9 Å². The van der Waals surface area contributed by atoms with Gasteiger partial charge in [0.1, 0.15) is 0 Å². The van der Waals surface area contributed by atoms with Crippen LogP contribution < -0.4 is 5.32 Å². The molecule has 0 aliphatic carbocycles. The molecule has 21 heavy (non-hydrogen) atoms. The molecule has 0 fully saturated rings. The summed E-state index contributed by atoms with van der Waals surface area (Å²) >= 11 is 7.46. The Kier molecular flexibility index (Phi) is 4.17. The maximum absolute atomic E-state index is 12.6. The SMILES string of the molecule is CN(Cc1ccc(Cl)s1)C(=O)C1CNc2ccccc2C1. The van der Waals surface area contributed by atoms with Gasteiger partial charge in [0.15, 0.2) is 0 Å². The molecule has 1 aliphatic rings. The summed E-state index contributed by atoms with van der Waals surface area (Å²) in [4.78, 5) is 15.5. The number of nitrogens with one attached hydrogen (secondary N) is 1. The van der Waals surface area contributed by atoms with Crippen LogP contribution in [-0.4, -0.2) is 24.4 Å². The highest BCUT2D eigenvalue weighted by molar-refractivity contribution is 7.16. The third-order valence-corrected chi connectivity index (χ3v) is 4.99. The number of carbonyl (C=O) groups is 1. The predicted octanol–water partition coefficient (Wildman–Crippen LogP) is 3.64. The lowest BCUT2D eigenvalue weighted by atomic mass is 9.93. The van der Waals surface area contributed by atoms with Gasteiger partial charge in [-0.25, -0.2) is 0 Å². The molecular formula is C16H17ClN2OS. The van der Waals surface area contributed by atoms with E-state index in [4.69, 9.17) is 11.6 Å².